The van der Waals surface area contributed by atoms with Crippen molar-refractivity contribution in [2.45, 2.75) is 64.6 Å². The van der Waals surface area contributed by atoms with Crippen molar-refractivity contribution in [2.75, 3.05) is 7.11 Å². The number of halogens is 2. The number of ether oxygens (including phenoxy) is 2. The summed E-state index contributed by atoms with van der Waals surface area (Å²) < 4.78 is 12.7. The average Bonchev–Trinajstić information content (AvgIpc) is 2.76. The molecule has 0 aromatic heterocycles. The lowest BCUT2D eigenvalue weighted by Gasteiger charge is -2.59. The summed E-state index contributed by atoms with van der Waals surface area (Å²) in [6, 6.07) is 12.5. The summed E-state index contributed by atoms with van der Waals surface area (Å²) in [5.41, 5.74) is 2.79. The second-order valence-corrected chi connectivity index (χ2v) is 11.7. The highest BCUT2D eigenvalue weighted by Gasteiger charge is 2.52. The summed E-state index contributed by atoms with van der Waals surface area (Å²) >= 11 is 9.69. The Morgan fingerprint density at radius 2 is 1.66 bits per heavy atom. The lowest BCUT2D eigenvalue weighted by Crippen LogP contribution is -2.54. The predicted octanol–water partition coefficient (Wildman–Crippen LogP) is 7.38. The van der Waals surface area contributed by atoms with Crippen molar-refractivity contribution in [3.63, 3.8) is 0 Å². The van der Waals surface area contributed by atoms with E-state index in [0.717, 1.165) is 50.9 Å². The third kappa shape index (κ3) is 4.56. The molecule has 4 fully saturated rings. The molecular formula is C27H33BrClNO2. The van der Waals surface area contributed by atoms with Gasteiger partial charge in [0, 0.05) is 17.6 Å². The number of methoxy groups -OCH3 is 1. The average molecular weight is 519 g/mol. The lowest BCUT2D eigenvalue weighted by atomic mass is 9.48. The van der Waals surface area contributed by atoms with E-state index in [9.17, 15) is 0 Å². The van der Waals surface area contributed by atoms with E-state index in [1.165, 1.54) is 44.1 Å². The summed E-state index contributed by atoms with van der Waals surface area (Å²) in [5, 5.41) is 4.62. The Labute approximate surface area is 205 Å². The Morgan fingerprint density at radius 3 is 2.25 bits per heavy atom. The summed E-state index contributed by atoms with van der Waals surface area (Å²) in [7, 11) is 1.70. The van der Waals surface area contributed by atoms with Gasteiger partial charge in [-0.2, -0.15) is 0 Å². The van der Waals surface area contributed by atoms with Gasteiger partial charge < -0.3 is 14.8 Å². The summed E-state index contributed by atoms with van der Waals surface area (Å²) in [6.07, 6.45) is 8.77. The van der Waals surface area contributed by atoms with Crippen LogP contribution in [-0.2, 0) is 13.2 Å². The SMILES string of the molecule is COc1cc(CNC(C)C23CC4CC(CC(C4)C2)C3)cc(Br)c1OCc1ccc(Cl)cc1. The molecule has 0 aliphatic heterocycles. The van der Waals surface area contributed by atoms with Crippen molar-refractivity contribution in [3.05, 3.63) is 57.0 Å². The molecule has 0 heterocycles. The van der Waals surface area contributed by atoms with Crippen LogP contribution in [-0.4, -0.2) is 13.2 Å². The van der Waals surface area contributed by atoms with E-state index >= 15 is 0 Å². The van der Waals surface area contributed by atoms with Gasteiger partial charge in [0.15, 0.2) is 11.5 Å². The van der Waals surface area contributed by atoms with Gasteiger partial charge in [-0.25, -0.2) is 0 Å². The van der Waals surface area contributed by atoms with E-state index < -0.39 is 0 Å². The van der Waals surface area contributed by atoms with E-state index in [2.05, 4.69) is 40.3 Å². The fourth-order valence-electron chi connectivity index (χ4n) is 6.95. The van der Waals surface area contributed by atoms with Gasteiger partial charge in [0.25, 0.3) is 0 Å². The van der Waals surface area contributed by atoms with Crippen LogP contribution in [0.4, 0.5) is 0 Å². The van der Waals surface area contributed by atoms with Crippen molar-refractivity contribution in [2.24, 2.45) is 23.2 Å². The monoisotopic (exact) mass is 517 g/mol. The first-order valence-electron chi connectivity index (χ1n) is 11.9. The number of nitrogens with one attached hydrogen (secondary N) is 1. The zero-order chi connectivity index (χ0) is 22.3. The van der Waals surface area contributed by atoms with E-state index in [-0.39, 0.29) is 0 Å². The smallest absolute Gasteiger partial charge is 0.175 e. The molecule has 3 nitrogen and oxygen atoms in total. The van der Waals surface area contributed by atoms with Crippen molar-refractivity contribution in [3.8, 4) is 11.5 Å². The Hall–Kier alpha value is -1.23. The molecule has 4 bridgehead atoms. The number of benzene rings is 2. The minimum Gasteiger partial charge on any atom is -0.493 e. The maximum atomic E-state index is 6.09. The molecule has 6 rings (SSSR count). The topological polar surface area (TPSA) is 30.5 Å². The Kier molecular flexibility index (Phi) is 6.48. The highest BCUT2D eigenvalue weighted by atomic mass is 79.9. The van der Waals surface area contributed by atoms with Crippen molar-refractivity contribution in [1.82, 2.24) is 5.32 Å². The van der Waals surface area contributed by atoms with Gasteiger partial charge in [-0.3, -0.25) is 0 Å². The molecule has 0 spiro atoms. The molecule has 32 heavy (non-hydrogen) atoms. The van der Waals surface area contributed by atoms with Crippen LogP contribution in [0.5, 0.6) is 11.5 Å². The molecule has 2 aromatic rings. The molecule has 0 radical (unpaired) electrons. The zero-order valence-corrected chi connectivity index (χ0v) is 21.3. The van der Waals surface area contributed by atoms with Gasteiger partial charge in [-0.05, 0) is 120 Å². The molecular weight excluding hydrogens is 486 g/mol. The molecule has 1 N–H and O–H groups in total. The third-order valence-corrected chi connectivity index (χ3v) is 9.04. The third-order valence-electron chi connectivity index (χ3n) is 8.20. The van der Waals surface area contributed by atoms with Crippen molar-refractivity contribution in [1.29, 1.82) is 0 Å². The number of hydrogen-bond donors (Lipinski definition) is 1. The van der Waals surface area contributed by atoms with Gasteiger partial charge in [0.05, 0.1) is 11.6 Å². The quantitative estimate of drug-likeness (QED) is 0.395. The molecule has 2 aromatic carbocycles. The van der Waals surface area contributed by atoms with Gasteiger partial charge >= 0.3 is 0 Å². The van der Waals surface area contributed by atoms with Crippen LogP contribution < -0.4 is 14.8 Å². The number of hydrogen-bond acceptors (Lipinski definition) is 3. The summed E-state index contributed by atoms with van der Waals surface area (Å²) in [4.78, 5) is 0. The largest absolute Gasteiger partial charge is 0.493 e. The molecule has 1 unspecified atom stereocenters. The normalized spacial score (nSPS) is 29.2. The summed E-state index contributed by atoms with van der Waals surface area (Å²) in [6.45, 7) is 3.73. The van der Waals surface area contributed by atoms with Crippen molar-refractivity contribution >= 4 is 27.5 Å². The minimum atomic E-state index is 0.465. The molecule has 4 aliphatic rings. The Morgan fingerprint density at radius 1 is 1.03 bits per heavy atom. The second-order valence-electron chi connectivity index (χ2n) is 10.4. The lowest BCUT2D eigenvalue weighted by molar-refractivity contribution is -0.0706. The molecule has 5 heteroatoms. The molecule has 172 valence electrons. The molecule has 4 aliphatic carbocycles. The van der Waals surface area contributed by atoms with Crippen molar-refractivity contribution < 1.29 is 9.47 Å². The predicted molar refractivity (Wildman–Crippen MR) is 133 cm³/mol. The van der Waals surface area contributed by atoms with E-state index in [1.54, 1.807) is 7.11 Å². The van der Waals surface area contributed by atoms with Crippen LogP contribution in [0.3, 0.4) is 0 Å². The van der Waals surface area contributed by atoms with Gasteiger partial charge in [0.2, 0.25) is 0 Å². The maximum absolute atomic E-state index is 6.09. The first kappa shape index (κ1) is 22.6. The highest BCUT2D eigenvalue weighted by Crippen LogP contribution is 2.61. The van der Waals surface area contributed by atoms with Crippen LogP contribution in [0.25, 0.3) is 0 Å². The fraction of sp³-hybridized carbons (Fsp3) is 0.556. The second kappa shape index (κ2) is 9.19. The van der Waals surface area contributed by atoms with Gasteiger partial charge in [-0.1, -0.05) is 23.7 Å². The maximum Gasteiger partial charge on any atom is 0.175 e. The van der Waals surface area contributed by atoms with E-state index in [4.69, 9.17) is 21.1 Å². The first-order chi connectivity index (χ1) is 15.4. The zero-order valence-electron chi connectivity index (χ0n) is 19.0. The molecule has 0 saturated heterocycles. The molecule has 0 amide bonds. The molecule has 1 atom stereocenters. The highest BCUT2D eigenvalue weighted by molar-refractivity contribution is 9.10. The number of rotatable bonds is 8. The Balaban J connectivity index is 1.24. The molecule has 4 saturated carbocycles. The van der Waals surface area contributed by atoms with Crippen LogP contribution in [0.2, 0.25) is 5.02 Å². The van der Waals surface area contributed by atoms with Crippen LogP contribution in [0.15, 0.2) is 40.9 Å². The minimum absolute atomic E-state index is 0.465. The summed E-state index contributed by atoms with van der Waals surface area (Å²) in [5.74, 6) is 4.44. The van der Waals surface area contributed by atoms with Crippen LogP contribution >= 0.6 is 27.5 Å². The van der Waals surface area contributed by atoms with E-state index in [0.29, 0.717) is 18.1 Å². The van der Waals surface area contributed by atoms with Crippen LogP contribution in [0, 0.1) is 23.2 Å². The van der Waals surface area contributed by atoms with Gasteiger partial charge in [-0.15, -0.1) is 0 Å². The van der Waals surface area contributed by atoms with Gasteiger partial charge in [0.1, 0.15) is 6.61 Å². The van der Waals surface area contributed by atoms with Crippen LogP contribution in [0.1, 0.15) is 56.6 Å². The Bertz CT molecular complexity index is 926. The standard InChI is InChI=1S/C27H33BrClNO2/c1-17(27-12-19-7-20(13-27)9-21(8-19)14-27)30-15-22-10-24(28)26(25(11-22)31-2)32-16-18-3-5-23(29)6-4-18/h3-6,10-11,17,19-21,30H,7-9,12-16H2,1-2H3. The van der Waals surface area contributed by atoms with E-state index in [1.807, 2.05) is 24.3 Å². The first-order valence-corrected chi connectivity index (χ1v) is 13.1. The fourth-order valence-corrected chi connectivity index (χ4v) is 7.68.